The van der Waals surface area contributed by atoms with Crippen molar-refractivity contribution in [3.05, 3.63) is 42.2 Å². The van der Waals surface area contributed by atoms with Crippen molar-refractivity contribution in [3.63, 3.8) is 0 Å². The van der Waals surface area contributed by atoms with Crippen LogP contribution in [-0.4, -0.2) is 41.9 Å². The number of nitrogens with zero attached hydrogens (tertiary/aromatic N) is 2. The lowest BCUT2D eigenvalue weighted by Gasteiger charge is -2.18. The van der Waals surface area contributed by atoms with E-state index in [-0.39, 0.29) is 11.7 Å². The van der Waals surface area contributed by atoms with Gasteiger partial charge in [0.25, 0.3) is 5.91 Å². The Labute approximate surface area is 139 Å². The molecule has 1 aromatic heterocycles. The SMILES string of the molecule is CC1NNCC1S(=O)(=O)Nc1ccccc1-n1ccc(C(N)=O)n1. The first-order chi connectivity index (χ1) is 11.4. The molecule has 0 saturated carbocycles. The van der Waals surface area contributed by atoms with E-state index in [2.05, 4.69) is 20.7 Å². The van der Waals surface area contributed by atoms with Crippen LogP contribution in [0.5, 0.6) is 0 Å². The van der Waals surface area contributed by atoms with Crippen LogP contribution in [0.2, 0.25) is 0 Å². The molecule has 2 unspecified atom stereocenters. The molecule has 0 spiro atoms. The number of sulfonamides is 1. The second kappa shape index (κ2) is 6.23. The third-order valence-electron chi connectivity index (χ3n) is 3.83. The van der Waals surface area contributed by atoms with Crippen molar-refractivity contribution in [2.24, 2.45) is 5.73 Å². The molecule has 1 fully saturated rings. The number of nitrogens with two attached hydrogens (primary N) is 1. The molecule has 1 aliphatic rings. The first kappa shape index (κ1) is 16.4. The lowest BCUT2D eigenvalue weighted by atomic mass is 10.3. The van der Waals surface area contributed by atoms with Gasteiger partial charge in [-0.25, -0.2) is 13.1 Å². The molecule has 0 aliphatic carbocycles. The molecule has 2 atom stereocenters. The monoisotopic (exact) mass is 350 g/mol. The molecule has 24 heavy (non-hydrogen) atoms. The third-order valence-corrected chi connectivity index (χ3v) is 5.71. The lowest BCUT2D eigenvalue weighted by Crippen LogP contribution is -2.38. The highest BCUT2D eigenvalue weighted by Crippen LogP contribution is 2.23. The molecule has 1 aliphatic heterocycles. The summed E-state index contributed by atoms with van der Waals surface area (Å²) in [5, 5.41) is 3.46. The second-order valence-electron chi connectivity index (χ2n) is 5.53. The predicted molar refractivity (Wildman–Crippen MR) is 89.0 cm³/mol. The van der Waals surface area contributed by atoms with Gasteiger partial charge in [-0.05, 0) is 25.1 Å². The van der Waals surface area contributed by atoms with Crippen LogP contribution >= 0.6 is 0 Å². The standard InChI is InChI=1S/C14H18N6O3S/c1-9-13(8-16-17-9)24(22,23)19-10-4-2-3-5-12(10)20-7-6-11(18-20)14(15)21/h2-7,9,13,16-17,19H,8H2,1H3,(H2,15,21). The van der Waals surface area contributed by atoms with Gasteiger partial charge in [0.1, 0.15) is 10.9 Å². The number of carbonyl (C=O) groups is 1. The smallest absolute Gasteiger partial charge is 0.269 e. The maximum atomic E-state index is 12.6. The minimum absolute atomic E-state index is 0.102. The number of rotatable bonds is 5. The normalized spacial score (nSPS) is 20.9. The number of primary amides is 1. The summed E-state index contributed by atoms with van der Waals surface area (Å²) in [7, 11) is -3.61. The maximum Gasteiger partial charge on any atom is 0.269 e. The molecule has 1 aromatic carbocycles. The van der Waals surface area contributed by atoms with Gasteiger partial charge in [0.15, 0.2) is 0 Å². The summed E-state index contributed by atoms with van der Waals surface area (Å²) in [6.07, 6.45) is 1.55. The summed E-state index contributed by atoms with van der Waals surface area (Å²) in [6.45, 7) is 2.11. The average Bonchev–Trinajstić information content (AvgIpc) is 3.16. The molecule has 0 radical (unpaired) electrons. The first-order valence-corrected chi connectivity index (χ1v) is 8.88. The molecule has 0 bridgehead atoms. The van der Waals surface area contributed by atoms with E-state index in [1.165, 1.54) is 10.7 Å². The van der Waals surface area contributed by atoms with Gasteiger partial charge < -0.3 is 5.73 Å². The Bertz CT molecular complexity index is 863. The van der Waals surface area contributed by atoms with E-state index in [0.717, 1.165) is 0 Å². The van der Waals surface area contributed by atoms with E-state index in [0.29, 0.717) is 17.9 Å². The van der Waals surface area contributed by atoms with Gasteiger partial charge in [0, 0.05) is 18.8 Å². The van der Waals surface area contributed by atoms with E-state index >= 15 is 0 Å². The summed E-state index contributed by atoms with van der Waals surface area (Å²) < 4.78 is 29.3. The first-order valence-electron chi connectivity index (χ1n) is 7.33. The minimum Gasteiger partial charge on any atom is -0.364 e. The zero-order valence-corrected chi connectivity index (χ0v) is 13.7. The van der Waals surface area contributed by atoms with Gasteiger partial charge in [-0.3, -0.25) is 20.4 Å². The molecular formula is C14H18N6O3S. The summed E-state index contributed by atoms with van der Waals surface area (Å²) in [6, 6.07) is 8.05. The molecular weight excluding hydrogens is 332 g/mol. The Morgan fingerprint density at radius 1 is 1.38 bits per heavy atom. The Morgan fingerprint density at radius 3 is 2.75 bits per heavy atom. The molecule has 1 saturated heterocycles. The molecule has 2 heterocycles. The summed E-state index contributed by atoms with van der Waals surface area (Å²) in [5.74, 6) is -0.649. The van der Waals surface area contributed by atoms with Crippen molar-refractivity contribution in [2.45, 2.75) is 18.2 Å². The number of hydrogen-bond donors (Lipinski definition) is 4. The van der Waals surface area contributed by atoms with E-state index < -0.39 is 21.2 Å². The van der Waals surface area contributed by atoms with Crippen molar-refractivity contribution in [1.82, 2.24) is 20.6 Å². The number of anilines is 1. The molecule has 9 nitrogen and oxygen atoms in total. The van der Waals surface area contributed by atoms with Gasteiger partial charge in [-0.1, -0.05) is 12.1 Å². The highest BCUT2D eigenvalue weighted by Gasteiger charge is 2.35. The largest absolute Gasteiger partial charge is 0.364 e. The molecule has 2 aromatic rings. The number of benzene rings is 1. The molecule has 128 valence electrons. The Hall–Kier alpha value is -2.43. The van der Waals surface area contributed by atoms with Crippen LogP contribution in [0.4, 0.5) is 5.69 Å². The molecule has 5 N–H and O–H groups in total. The van der Waals surface area contributed by atoms with E-state index in [1.54, 1.807) is 37.4 Å². The van der Waals surface area contributed by atoms with Crippen LogP contribution in [0.25, 0.3) is 5.69 Å². The summed E-state index contributed by atoms with van der Waals surface area (Å²) in [4.78, 5) is 11.2. The van der Waals surface area contributed by atoms with Crippen LogP contribution in [0, 0.1) is 0 Å². The van der Waals surface area contributed by atoms with Gasteiger partial charge in [0.2, 0.25) is 10.0 Å². The zero-order valence-electron chi connectivity index (χ0n) is 12.9. The van der Waals surface area contributed by atoms with Crippen LogP contribution in [0.1, 0.15) is 17.4 Å². The van der Waals surface area contributed by atoms with Crippen molar-refractivity contribution in [2.75, 3.05) is 11.3 Å². The third kappa shape index (κ3) is 3.11. The van der Waals surface area contributed by atoms with Gasteiger partial charge >= 0.3 is 0 Å². The van der Waals surface area contributed by atoms with Crippen molar-refractivity contribution in [1.29, 1.82) is 0 Å². The number of aromatic nitrogens is 2. The Balaban J connectivity index is 1.93. The van der Waals surface area contributed by atoms with E-state index in [4.69, 9.17) is 5.73 Å². The van der Waals surface area contributed by atoms with Crippen LogP contribution < -0.4 is 21.3 Å². The maximum absolute atomic E-state index is 12.6. The fraction of sp³-hybridized carbons (Fsp3) is 0.286. The highest BCUT2D eigenvalue weighted by atomic mass is 32.2. The van der Waals surface area contributed by atoms with Gasteiger partial charge in [-0.2, -0.15) is 5.10 Å². The van der Waals surface area contributed by atoms with Crippen molar-refractivity contribution >= 4 is 21.6 Å². The summed E-state index contributed by atoms with van der Waals surface area (Å²) >= 11 is 0. The number of carbonyl (C=O) groups excluding carboxylic acids is 1. The fourth-order valence-corrected chi connectivity index (χ4v) is 4.09. The quantitative estimate of drug-likeness (QED) is 0.579. The Morgan fingerprint density at radius 2 is 2.12 bits per heavy atom. The molecule has 1 amide bonds. The average molecular weight is 350 g/mol. The second-order valence-corrected chi connectivity index (χ2v) is 7.43. The highest BCUT2D eigenvalue weighted by molar-refractivity contribution is 7.93. The van der Waals surface area contributed by atoms with Crippen molar-refractivity contribution in [3.8, 4) is 5.69 Å². The van der Waals surface area contributed by atoms with Crippen LogP contribution in [-0.2, 0) is 10.0 Å². The number of amides is 1. The fourth-order valence-electron chi connectivity index (χ4n) is 2.55. The van der Waals surface area contributed by atoms with Gasteiger partial charge in [-0.15, -0.1) is 0 Å². The predicted octanol–water partition coefficient (Wildman–Crippen LogP) is -0.422. The Kier molecular flexibility index (Phi) is 4.26. The molecule has 10 heteroatoms. The minimum atomic E-state index is -3.61. The van der Waals surface area contributed by atoms with Crippen LogP contribution in [0.3, 0.4) is 0 Å². The topological polar surface area (TPSA) is 131 Å². The van der Waals surface area contributed by atoms with E-state index in [1.807, 2.05) is 0 Å². The van der Waals surface area contributed by atoms with Crippen molar-refractivity contribution < 1.29 is 13.2 Å². The lowest BCUT2D eigenvalue weighted by molar-refractivity contribution is 0.0995. The zero-order chi connectivity index (χ0) is 17.3. The summed E-state index contributed by atoms with van der Waals surface area (Å²) in [5.41, 5.74) is 11.9. The number of hydrazine groups is 1. The van der Waals surface area contributed by atoms with Crippen LogP contribution in [0.15, 0.2) is 36.5 Å². The molecule has 3 rings (SSSR count). The number of hydrogen-bond acceptors (Lipinski definition) is 6. The number of para-hydroxylation sites is 2. The van der Waals surface area contributed by atoms with Gasteiger partial charge in [0.05, 0.1) is 11.4 Å². The number of nitrogens with one attached hydrogen (secondary N) is 3. The van der Waals surface area contributed by atoms with E-state index in [9.17, 15) is 13.2 Å².